The van der Waals surface area contributed by atoms with Gasteiger partial charge >= 0.3 is 12.1 Å². The van der Waals surface area contributed by atoms with E-state index in [1.165, 1.54) is 12.0 Å². The molecule has 0 aliphatic carbocycles. The van der Waals surface area contributed by atoms with Gasteiger partial charge in [-0.3, -0.25) is 19.2 Å². The highest BCUT2D eigenvalue weighted by atomic mass is 16.6. The fourth-order valence-electron chi connectivity index (χ4n) is 4.64. The lowest BCUT2D eigenvalue weighted by Gasteiger charge is -2.35. The summed E-state index contributed by atoms with van der Waals surface area (Å²) >= 11 is 0. The minimum absolute atomic E-state index is 0.0797. The number of methoxy groups -OCH3 is 1. The number of carbonyl (C=O) groups is 5. The van der Waals surface area contributed by atoms with Gasteiger partial charge in [0.2, 0.25) is 17.7 Å². The topological polar surface area (TPSA) is 157 Å². The molecule has 4 N–H and O–H groups in total. The third kappa shape index (κ3) is 12.9. The Kier molecular flexibility index (Phi) is 15.6. The van der Waals surface area contributed by atoms with Crippen LogP contribution in [0, 0.1) is 13.8 Å². The molecule has 4 amide bonds. The van der Waals surface area contributed by atoms with Gasteiger partial charge in [0, 0.05) is 13.0 Å². The highest BCUT2D eigenvalue weighted by molar-refractivity contribution is 5.94. The molecule has 1 aromatic carbocycles. The summed E-state index contributed by atoms with van der Waals surface area (Å²) in [5.74, 6) is -2.40. The number of aryl methyl sites for hydroxylation is 2. The normalized spacial score (nSPS) is 12.5. The molecule has 0 fully saturated rings. The first-order valence-electron chi connectivity index (χ1n) is 14.7. The number of benzene rings is 1. The van der Waals surface area contributed by atoms with E-state index in [4.69, 9.17) is 10.5 Å². The zero-order chi connectivity index (χ0) is 31.9. The summed E-state index contributed by atoms with van der Waals surface area (Å²) in [6, 6.07) is 3.25. The second-order valence-electron chi connectivity index (χ2n) is 11.5. The molecule has 0 saturated carbocycles. The SMILES string of the molecule is CCCCCCCCN(C(=O)C(CCC(N)=O)NC(=O)OC(C)(C)C)C(C(=O)NCC(=O)OC)c1c(C)cccc1C. The molecule has 1 rings (SSSR count). The van der Waals surface area contributed by atoms with Crippen molar-refractivity contribution in [2.75, 3.05) is 20.2 Å². The van der Waals surface area contributed by atoms with E-state index in [0.29, 0.717) is 12.0 Å². The van der Waals surface area contributed by atoms with Crippen LogP contribution in [0.3, 0.4) is 0 Å². The fraction of sp³-hybridized carbons (Fsp3) is 0.645. The second kappa shape index (κ2) is 18.0. The van der Waals surface area contributed by atoms with Gasteiger partial charge in [-0.2, -0.15) is 0 Å². The van der Waals surface area contributed by atoms with Crippen LogP contribution < -0.4 is 16.4 Å². The van der Waals surface area contributed by atoms with Crippen LogP contribution in [0.5, 0.6) is 0 Å². The van der Waals surface area contributed by atoms with Crippen LogP contribution in [-0.4, -0.2) is 66.5 Å². The number of esters is 1. The number of nitrogens with two attached hydrogens (primary N) is 1. The van der Waals surface area contributed by atoms with Crippen LogP contribution in [0.2, 0.25) is 0 Å². The van der Waals surface area contributed by atoms with Crippen LogP contribution in [0.25, 0.3) is 0 Å². The van der Waals surface area contributed by atoms with E-state index in [-0.39, 0.29) is 25.9 Å². The number of nitrogens with zero attached hydrogens (tertiary/aromatic N) is 1. The van der Waals surface area contributed by atoms with Gasteiger partial charge in [-0.1, -0.05) is 57.2 Å². The van der Waals surface area contributed by atoms with Crippen molar-refractivity contribution in [3.63, 3.8) is 0 Å². The number of ether oxygens (including phenoxy) is 2. The van der Waals surface area contributed by atoms with Crippen molar-refractivity contribution in [2.24, 2.45) is 5.73 Å². The van der Waals surface area contributed by atoms with Crippen molar-refractivity contribution in [1.82, 2.24) is 15.5 Å². The van der Waals surface area contributed by atoms with Gasteiger partial charge in [-0.05, 0) is 64.2 Å². The van der Waals surface area contributed by atoms with Gasteiger partial charge in [0.05, 0.1) is 7.11 Å². The maximum atomic E-state index is 14.3. The number of nitrogens with one attached hydrogen (secondary N) is 2. The molecule has 0 heterocycles. The van der Waals surface area contributed by atoms with Crippen molar-refractivity contribution in [3.05, 3.63) is 34.9 Å². The molecule has 11 heteroatoms. The Morgan fingerprint density at radius 2 is 1.57 bits per heavy atom. The van der Waals surface area contributed by atoms with Crippen LogP contribution in [0.4, 0.5) is 4.79 Å². The molecular formula is C31H50N4O7. The van der Waals surface area contributed by atoms with Gasteiger partial charge in [-0.25, -0.2) is 4.79 Å². The number of carbonyl (C=O) groups excluding carboxylic acids is 5. The highest BCUT2D eigenvalue weighted by Gasteiger charge is 2.37. The zero-order valence-corrected chi connectivity index (χ0v) is 26.3. The number of hydrogen-bond donors (Lipinski definition) is 3. The predicted molar refractivity (Wildman–Crippen MR) is 160 cm³/mol. The fourth-order valence-corrected chi connectivity index (χ4v) is 4.64. The predicted octanol–water partition coefficient (Wildman–Crippen LogP) is 3.98. The van der Waals surface area contributed by atoms with Crippen LogP contribution >= 0.6 is 0 Å². The Bertz CT molecular complexity index is 1050. The number of rotatable bonds is 17. The number of alkyl carbamates (subject to hydrolysis) is 1. The highest BCUT2D eigenvalue weighted by Crippen LogP contribution is 2.29. The van der Waals surface area contributed by atoms with Gasteiger partial charge in [0.1, 0.15) is 24.2 Å². The molecule has 0 spiro atoms. The average Bonchev–Trinajstić information content (AvgIpc) is 2.90. The summed E-state index contributed by atoms with van der Waals surface area (Å²) in [5.41, 5.74) is 6.74. The van der Waals surface area contributed by atoms with E-state index in [1.807, 2.05) is 32.0 Å². The molecule has 0 aliphatic heterocycles. The smallest absolute Gasteiger partial charge is 0.408 e. The largest absolute Gasteiger partial charge is 0.468 e. The average molecular weight is 591 g/mol. The summed E-state index contributed by atoms with van der Waals surface area (Å²) in [5, 5.41) is 5.20. The lowest BCUT2D eigenvalue weighted by Crippen LogP contribution is -2.54. The Morgan fingerprint density at radius 1 is 0.976 bits per heavy atom. The Hall–Kier alpha value is -3.63. The second-order valence-corrected chi connectivity index (χ2v) is 11.5. The summed E-state index contributed by atoms with van der Waals surface area (Å²) < 4.78 is 10.1. The van der Waals surface area contributed by atoms with Gasteiger partial charge in [0.15, 0.2) is 0 Å². The maximum Gasteiger partial charge on any atom is 0.408 e. The third-order valence-electron chi connectivity index (χ3n) is 6.71. The van der Waals surface area contributed by atoms with E-state index in [9.17, 15) is 24.0 Å². The number of primary amides is 1. The minimum Gasteiger partial charge on any atom is -0.468 e. The van der Waals surface area contributed by atoms with Crippen molar-refractivity contribution < 1.29 is 33.4 Å². The monoisotopic (exact) mass is 590 g/mol. The summed E-state index contributed by atoms with van der Waals surface area (Å²) in [4.78, 5) is 65.8. The molecule has 0 aromatic heterocycles. The lowest BCUT2D eigenvalue weighted by atomic mass is 9.93. The molecule has 42 heavy (non-hydrogen) atoms. The molecule has 1 aromatic rings. The van der Waals surface area contributed by atoms with Crippen LogP contribution in [0.1, 0.15) is 102 Å². The first-order chi connectivity index (χ1) is 19.7. The summed E-state index contributed by atoms with van der Waals surface area (Å²) in [6.45, 7) is 10.7. The standard InChI is InChI=1S/C31H50N4O7/c1-8-9-10-11-12-13-19-35(29(39)23(17-18-24(32)36)34-30(40)42-31(4,5)6)27(28(38)33-20-25(37)41-7)26-21(2)15-14-16-22(26)3/h14-16,23,27H,8-13,17-20H2,1-7H3,(H2,32,36)(H,33,38)(H,34,40). The lowest BCUT2D eigenvalue weighted by molar-refractivity contribution is -0.145. The van der Waals surface area contributed by atoms with Crippen molar-refractivity contribution >= 4 is 29.8 Å². The van der Waals surface area contributed by atoms with Crippen molar-refractivity contribution in [3.8, 4) is 0 Å². The number of amides is 4. The summed E-state index contributed by atoms with van der Waals surface area (Å²) in [7, 11) is 1.22. The van der Waals surface area contributed by atoms with E-state index >= 15 is 0 Å². The van der Waals surface area contributed by atoms with Crippen molar-refractivity contribution in [1.29, 1.82) is 0 Å². The molecule has 2 unspecified atom stereocenters. The van der Waals surface area contributed by atoms with E-state index in [0.717, 1.165) is 43.2 Å². The van der Waals surface area contributed by atoms with Crippen LogP contribution in [0.15, 0.2) is 18.2 Å². The maximum absolute atomic E-state index is 14.3. The Balaban J connectivity index is 3.58. The Labute approximate surface area is 250 Å². The Morgan fingerprint density at radius 3 is 2.12 bits per heavy atom. The molecule has 2 atom stereocenters. The quantitative estimate of drug-likeness (QED) is 0.183. The zero-order valence-electron chi connectivity index (χ0n) is 26.3. The van der Waals surface area contributed by atoms with E-state index < -0.39 is 47.5 Å². The molecular weight excluding hydrogens is 540 g/mol. The molecule has 0 radical (unpaired) electrons. The molecule has 0 aliphatic rings. The van der Waals surface area contributed by atoms with E-state index in [1.54, 1.807) is 20.8 Å². The first kappa shape index (κ1) is 36.4. The minimum atomic E-state index is -1.19. The molecule has 0 bridgehead atoms. The van der Waals surface area contributed by atoms with E-state index in [2.05, 4.69) is 22.3 Å². The molecule has 0 saturated heterocycles. The summed E-state index contributed by atoms with van der Waals surface area (Å²) in [6.07, 6.45) is 4.60. The number of unbranched alkanes of at least 4 members (excludes halogenated alkanes) is 5. The van der Waals surface area contributed by atoms with Crippen molar-refractivity contribution in [2.45, 2.75) is 111 Å². The molecule has 11 nitrogen and oxygen atoms in total. The first-order valence-corrected chi connectivity index (χ1v) is 14.7. The number of hydrogen-bond acceptors (Lipinski definition) is 7. The van der Waals surface area contributed by atoms with Gasteiger partial charge < -0.3 is 30.7 Å². The van der Waals surface area contributed by atoms with Crippen LogP contribution in [-0.2, 0) is 28.7 Å². The molecule has 236 valence electrons. The van der Waals surface area contributed by atoms with Gasteiger partial charge in [-0.15, -0.1) is 0 Å². The van der Waals surface area contributed by atoms with Gasteiger partial charge in [0.25, 0.3) is 0 Å². The third-order valence-corrected chi connectivity index (χ3v) is 6.71.